The molecule has 1 aromatic carbocycles. The Morgan fingerprint density at radius 1 is 1.42 bits per heavy atom. The molecule has 0 saturated heterocycles. The summed E-state index contributed by atoms with van der Waals surface area (Å²) in [6.45, 7) is 3.78. The molecule has 0 spiro atoms. The van der Waals surface area contributed by atoms with Crippen LogP contribution in [-0.2, 0) is 0 Å². The monoisotopic (exact) mass is 164 g/mol. The summed E-state index contributed by atoms with van der Waals surface area (Å²) in [7, 11) is 0. The molecule has 1 radical (unpaired) electrons. The average Bonchev–Trinajstić information content (AvgIpc) is 2.06. The van der Waals surface area contributed by atoms with Crippen LogP contribution in [0.4, 0.5) is 4.79 Å². The summed E-state index contributed by atoms with van der Waals surface area (Å²) in [5, 5.41) is 2.42. The molecule has 0 aliphatic carbocycles. The van der Waals surface area contributed by atoms with Crippen LogP contribution in [0.3, 0.4) is 0 Å². The van der Waals surface area contributed by atoms with Crippen LogP contribution in [0.5, 0.6) is 5.75 Å². The number of nitrogens with one attached hydrogen (secondary N) is 1. The fourth-order valence-corrected chi connectivity index (χ4v) is 0.734. The van der Waals surface area contributed by atoms with E-state index in [2.05, 4.69) is 12.2 Å². The van der Waals surface area contributed by atoms with Crippen molar-refractivity contribution >= 4 is 6.09 Å². The first-order chi connectivity index (χ1) is 5.83. The maximum atomic E-state index is 10.8. The number of ether oxygens (including phenoxy) is 1. The highest BCUT2D eigenvalue weighted by Crippen LogP contribution is 2.07. The van der Waals surface area contributed by atoms with Gasteiger partial charge in [0.2, 0.25) is 0 Å². The fraction of sp³-hybridized carbons (Fsp3) is 0.111. The fourth-order valence-electron chi connectivity index (χ4n) is 0.734. The Morgan fingerprint density at radius 3 is 2.67 bits per heavy atom. The molecule has 0 aliphatic heterocycles. The Kier molecular flexibility index (Phi) is 3.14. The molecule has 0 heterocycles. The van der Waals surface area contributed by atoms with Gasteiger partial charge >= 0.3 is 6.09 Å². The molecule has 0 unspecified atom stereocenters. The summed E-state index contributed by atoms with van der Waals surface area (Å²) in [4.78, 5) is 10.8. The predicted molar refractivity (Wildman–Crippen MR) is 45.8 cm³/mol. The second-order valence-corrected chi connectivity index (χ2v) is 2.13. The Balaban J connectivity index is 2.47. The van der Waals surface area contributed by atoms with Crippen LogP contribution >= 0.6 is 0 Å². The third-order valence-corrected chi connectivity index (χ3v) is 1.22. The van der Waals surface area contributed by atoms with Crippen molar-refractivity contribution in [1.29, 1.82) is 0 Å². The molecule has 3 heteroatoms. The summed E-state index contributed by atoms with van der Waals surface area (Å²) in [6.07, 6.45) is -0.476. The van der Waals surface area contributed by atoms with Gasteiger partial charge < -0.3 is 10.1 Å². The molecule has 0 bridgehead atoms. The molecule has 12 heavy (non-hydrogen) atoms. The van der Waals surface area contributed by atoms with Crippen LogP contribution in [0.2, 0.25) is 0 Å². The number of benzene rings is 1. The SMILES string of the molecule is [CH2]CNC(=O)Oc1ccccc1. The molecule has 1 N–H and O–H groups in total. The zero-order chi connectivity index (χ0) is 8.81. The van der Waals surface area contributed by atoms with E-state index in [0.717, 1.165) is 0 Å². The second kappa shape index (κ2) is 4.38. The van der Waals surface area contributed by atoms with Crippen LogP contribution in [0.15, 0.2) is 30.3 Å². The lowest BCUT2D eigenvalue weighted by molar-refractivity contribution is 0.201. The molecule has 0 fully saturated rings. The van der Waals surface area contributed by atoms with Crippen molar-refractivity contribution in [3.8, 4) is 5.75 Å². The maximum Gasteiger partial charge on any atom is 0.412 e. The standard InChI is InChI=1S/C9H10NO2/c1-2-10-9(11)12-8-6-4-3-5-7-8/h3-7H,1-2H2,(H,10,11). The van der Waals surface area contributed by atoms with Crippen molar-refractivity contribution < 1.29 is 9.53 Å². The van der Waals surface area contributed by atoms with Gasteiger partial charge in [-0.1, -0.05) is 18.2 Å². The zero-order valence-electron chi connectivity index (χ0n) is 6.62. The van der Waals surface area contributed by atoms with Gasteiger partial charge in [0.15, 0.2) is 0 Å². The minimum absolute atomic E-state index is 0.325. The molecule has 3 nitrogen and oxygen atoms in total. The highest BCUT2D eigenvalue weighted by molar-refractivity contribution is 5.70. The van der Waals surface area contributed by atoms with Gasteiger partial charge in [-0.3, -0.25) is 0 Å². The average molecular weight is 164 g/mol. The Morgan fingerprint density at radius 2 is 2.08 bits per heavy atom. The van der Waals surface area contributed by atoms with Crippen molar-refractivity contribution in [3.63, 3.8) is 0 Å². The van der Waals surface area contributed by atoms with Crippen molar-refractivity contribution in [2.75, 3.05) is 6.54 Å². The number of carbonyl (C=O) groups is 1. The van der Waals surface area contributed by atoms with Crippen LogP contribution in [0.1, 0.15) is 0 Å². The highest BCUT2D eigenvalue weighted by atomic mass is 16.5. The smallest absolute Gasteiger partial charge is 0.410 e. The summed E-state index contributed by atoms with van der Waals surface area (Å²) < 4.78 is 4.86. The van der Waals surface area contributed by atoms with Crippen molar-refractivity contribution in [3.05, 3.63) is 37.3 Å². The minimum atomic E-state index is -0.476. The number of hydrogen-bond donors (Lipinski definition) is 1. The Hall–Kier alpha value is -1.51. The van der Waals surface area contributed by atoms with Gasteiger partial charge in [-0.15, -0.1) is 0 Å². The molecule has 0 aliphatic rings. The second-order valence-electron chi connectivity index (χ2n) is 2.13. The number of amides is 1. The normalized spacial score (nSPS) is 9.08. The maximum absolute atomic E-state index is 10.8. The quantitative estimate of drug-likeness (QED) is 0.721. The molecule has 1 amide bonds. The van der Waals surface area contributed by atoms with Crippen molar-refractivity contribution in [2.45, 2.75) is 0 Å². The van der Waals surface area contributed by atoms with Crippen LogP contribution in [-0.4, -0.2) is 12.6 Å². The van der Waals surface area contributed by atoms with E-state index in [4.69, 9.17) is 4.74 Å². The van der Waals surface area contributed by atoms with Crippen molar-refractivity contribution in [1.82, 2.24) is 5.32 Å². The minimum Gasteiger partial charge on any atom is -0.410 e. The predicted octanol–water partition coefficient (Wildman–Crippen LogP) is 1.61. The largest absolute Gasteiger partial charge is 0.412 e. The van der Waals surface area contributed by atoms with E-state index in [1.807, 2.05) is 6.07 Å². The Bertz CT molecular complexity index is 246. The van der Waals surface area contributed by atoms with Crippen LogP contribution in [0.25, 0.3) is 0 Å². The van der Waals surface area contributed by atoms with Gasteiger partial charge in [0.05, 0.1) is 0 Å². The number of carbonyl (C=O) groups excluding carboxylic acids is 1. The van der Waals surface area contributed by atoms with Crippen LogP contribution < -0.4 is 10.1 Å². The molecule has 0 atom stereocenters. The van der Waals surface area contributed by atoms with Gasteiger partial charge in [-0.2, -0.15) is 0 Å². The first kappa shape index (κ1) is 8.59. The van der Waals surface area contributed by atoms with Gasteiger partial charge in [-0.05, 0) is 19.1 Å². The highest BCUT2D eigenvalue weighted by Gasteiger charge is 1.99. The Labute approximate surface area is 71.4 Å². The van der Waals surface area contributed by atoms with Gasteiger partial charge in [-0.25, -0.2) is 4.79 Å². The summed E-state index contributed by atoms with van der Waals surface area (Å²) >= 11 is 0. The molecule has 0 aromatic heterocycles. The first-order valence-electron chi connectivity index (χ1n) is 3.63. The lowest BCUT2D eigenvalue weighted by Gasteiger charge is -2.02. The van der Waals surface area contributed by atoms with Gasteiger partial charge in [0, 0.05) is 6.54 Å². The first-order valence-corrected chi connectivity index (χ1v) is 3.63. The van der Waals surface area contributed by atoms with E-state index in [-0.39, 0.29) is 0 Å². The van der Waals surface area contributed by atoms with E-state index >= 15 is 0 Å². The van der Waals surface area contributed by atoms with E-state index in [1.54, 1.807) is 24.3 Å². The number of rotatable bonds is 2. The summed E-state index contributed by atoms with van der Waals surface area (Å²) in [6, 6.07) is 8.87. The zero-order valence-corrected chi connectivity index (χ0v) is 6.62. The third kappa shape index (κ3) is 2.62. The van der Waals surface area contributed by atoms with Crippen LogP contribution in [0, 0.1) is 6.92 Å². The molecular formula is C9H10NO2. The summed E-state index contributed by atoms with van der Waals surface area (Å²) in [5.74, 6) is 0.531. The number of hydrogen-bond acceptors (Lipinski definition) is 2. The molecule has 1 aromatic rings. The lowest BCUT2D eigenvalue weighted by Crippen LogP contribution is -2.26. The summed E-state index contributed by atoms with van der Waals surface area (Å²) in [5.41, 5.74) is 0. The van der Waals surface area contributed by atoms with Gasteiger partial charge in [0.25, 0.3) is 0 Å². The molecule has 0 saturated carbocycles. The molecule has 1 rings (SSSR count). The van der Waals surface area contributed by atoms with E-state index in [9.17, 15) is 4.79 Å². The van der Waals surface area contributed by atoms with Gasteiger partial charge in [0.1, 0.15) is 5.75 Å². The van der Waals surface area contributed by atoms with E-state index in [1.165, 1.54) is 0 Å². The lowest BCUT2D eigenvalue weighted by atomic mass is 10.3. The molecular weight excluding hydrogens is 154 g/mol. The number of para-hydroxylation sites is 1. The molecule has 63 valence electrons. The topological polar surface area (TPSA) is 38.3 Å². The third-order valence-electron chi connectivity index (χ3n) is 1.22. The van der Waals surface area contributed by atoms with Crippen molar-refractivity contribution in [2.24, 2.45) is 0 Å². The van der Waals surface area contributed by atoms with E-state index < -0.39 is 6.09 Å². The van der Waals surface area contributed by atoms with E-state index in [0.29, 0.717) is 12.3 Å².